The first-order valence-electron chi connectivity index (χ1n) is 8.64. The molecule has 0 unspecified atom stereocenters. The fraction of sp³-hybridized carbons (Fsp3) is 0.0500. The van der Waals surface area contributed by atoms with Crippen LogP contribution in [-0.4, -0.2) is 24.5 Å². The highest BCUT2D eigenvalue weighted by Gasteiger charge is 2.21. The number of hydrogen-bond donors (Lipinski definition) is 2. The van der Waals surface area contributed by atoms with Crippen molar-refractivity contribution in [3.8, 4) is 0 Å². The zero-order valence-electron chi connectivity index (χ0n) is 15.3. The van der Waals surface area contributed by atoms with Gasteiger partial charge < -0.3 is 0 Å². The average molecular weight is 425 g/mol. The Hall–Kier alpha value is -3.30. The van der Waals surface area contributed by atoms with Gasteiger partial charge in [-0.05, 0) is 41.5 Å². The van der Waals surface area contributed by atoms with Gasteiger partial charge in [0.25, 0.3) is 20.3 Å². The van der Waals surface area contributed by atoms with Crippen molar-refractivity contribution in [1.29, 1.82) is 0 Å². The van der Waals surface area contributed by atoms with Gasteiger partial charge >= 0.3 is 0 Å². The van der Waals surface area contributed by atoms with Crippen LogP contribution in [0.25, 0.3) is 10.8 Å². The van der Waals surface area contributed by atoms with Crippen LogP contribution in [0.5, 0.6) is 0 Å². The molecule has 9 heteroatoms. The van der Waals surface area contributed by atoms with E-state index >= 15 is 0 Å². The van der Waals surface area contributed by atoms with Gasteiger partial charge in [-0.1, -0.05) is 59.9 Å². The first kappa shape index (κ1) is 19.0. The predicted octanol–water partition coefficient (Wildman–Crippen LogP) is 4.05. The molecule has 0 radical (unpaired) electrons. The predicted molar refractivity (Wildman–Crippen MR) is 114 cm³/mol. The number of aromatic nitrogens is 2. The average Bonchev–Trinajstić information content (AvgIpc) is 3.17. The molecule has 0 fully saturated rings. The molecule has 29 heavy (non-hydrogen) atoms. The summed E-state index contributed by atoms with van der Waals surface area (Å²) in [4.78, 5) is 12.4. The minimum atomic E-state index is -3.93. The zero-order chi connectivity index (χ0) is 20.4. The number of carbonyl (C=O) groups excluding carboxylic acids is 1. The second-order valence-corrected chi connectivity index (χ2v) is 9.14. The minimum absolute atomic E-state index is 0.108. The molecule has 0 spiro atoms. The van der Waals surface area contributed by atoms with Crippen LogP contribution in [0.4, 0.5) is 10.8 Å². The number of nitrogens with zero attached hydrogens (tertiary/aromatic N) is 2. The van der Waals surface area contributed by atoms with E-state index in [9.17, 15) is 13.2 Å². The number of aryl methyl sites for hydroxylation is 1. The van der Waals surface area contributed by atoms with E-state index in [2.05, 4.69) is 20.2 Å². The zero-order valence-corrected chi connectivity index (χ0v) is 16.9. The van der Waals surface area contributed by atoms with E-state index < -0.39 is 10.0 Å². The molecule has 0 aliphatic carbocycles. The molecule has 1 aromatic heterocycles. The molecule has 0 saturated heterocycles. The first-order valence-corrected chi connectivity index (χ1v) is 10.9. The number of anilines is 2. The lowest BCUT2D eigenvalue weighted by atomic mass is 10.1. The Balaban J connectivity index is 1.53. The maximum absolute atomic E-state index is 12.6. The van der Waals surface area contributed by atoms with Crippen molar-refractivity contribution in [2.45, 2.75) is 11.3 Å². The topological polar surface area (TPSA) is 101 Å². The number of hydrogen-bond acceptors (Lipinski definition) is 6. The van der Waals surface area contributed by atoms with Crippen LogP contribution in [-0.2, 0) is 10.0 Å². The van der Waals surface area contributed by atoms with Gasteiger partial charge in [0, 0.05) is 11.3 Å². The molecule has 3 aromatic carbocycles. The summed E-state index contributed by atoms with van der Waals surface area (Å²) in [6.45, 7) is 1.82. The normalized spacial score (nSPS) is 11.3. The highest BCUT2D eigenvalue weighted by atomic mass is 32.2. The lowest BCUT2D eigenvalue weighted by molar-refractivity contribution is 0.102. The van der Waals surface area contributed by atoms with Gasteiger partial charge in [-0.2, -0.15) is 8.42 Å². The molecule has 0 saturated carbocycles. The van der Waals surface area contributed by atoms with E-state index in [1.165, 1.54) is 0 Å². The van der Waals surface area contributed by atoms with Gasteiger partial charge in [-0.3, -0.25) is 14.8 Å². The van der Waals surface area contributed by atoms with Crippen molar-refractivity contribution >= 4 is 48.9 Å². The third-order valence-corrected chi connectivity index (χ3v) is 6.84. The molecule has 7 nitrogen and oxygen atoms in total. The van der Waals surface area contributed by atoms with Crippen LogP contribution in [0.2, 0.25) is 0 Å². The lowest BCUT2D eigenvalue weighted by Gasteiger charge is -2.06. The van der Waals surface area contributed by atoms with E-state index in [-0.39, 0.29) is 15.4 Å². The van der Waals surface area contributed by atoms with E-state index in [0.29, 0.717) is 11.3 Å². The number of nitrogens with one attached hydrogen (secondary N) is 2. The third-order valence-electron chi connectivity index (χ3n) is 4.25. The van der Waals surface area contributed by atoms with Crippen LogP contribution in [0.3, 0.4) is 0 Å². The van der Waals surface area contributed by atoms with Gasteiger partial charge in [0.15, 0.2) is 0 Å². The Labute approximate surface area is 171 Å². The Morgan fingerprint density at radius 2 is 1.66 bits per heavy atom. The van der Waals surface area contributed by atoms with Crippen molar-refractivity contribution in [2.24, 2.45) is 0 Å². The van der Waals surface area contributed by atoms with Gasteiger partial charge in [-0.25, -0.2) is 0 Å². The highest BCUT2D eigenvalue weighted by molar-refractivity contribution is 7.94. The van der Waals surface area contributed by atoms with Crippen molar-refractivity contribution in [2.75, 3.05) is 10.0 Å². The first-order chi connectivity index (χ1) is 13.9. The summed E-state index contributed by atoms with van der Waals surface area (Å²) in [6, 6.07) is 20.0. The fourth-order valence-electron chi connectivity index (χ4n) is 2.81. The summed E-state index contributed by atoms with van der Waals surface area (Å²) in [5.74, 6) is -0.370. The van der Waals surface area contributed by atoms with Crippen LogP contribution in [0.1, 0.15) is 15.9 Å². The van der Waals surface area contributed by atoms with Crippen LogP contribution < -0.4 is 10.0 Å². The summed E-state index contributed by atoms with van der Waals surface area (Å²) in [6.07, 6.45) is 0. The Bertz CT molecular complexity index is 1320. The highest BCUT2D eigenvalue weighted by Crippen LogP contribution is 2.25. The molecule has 0 aliphatic rings. The second-order valence-electron chi connectivity index (χ2n) is 6.31. The molecular weight excluding hydrogens is 408 g/mol. The van der Waals surface area contributed by atoms with Gasteiger partial charge in [0.05, 0.1) is 0 Å². The summed E-state index contributed by atoms with van der Waals surface area (Å²) in [7, 11) is -3.93. The summed E-state index contributed by atoms with van der Waals surface area (Å²) in [5.41, 5.74) is 1.71. The van der Waals surface area contributed by atoms with Crippen LogP contribution in [0.15, 0.2) is 71.1 Å². The maximum Gasteiger partial charge on any atom is 0.291 e. The van der Waals surface area contributed by atoms with E-state index in [1.807, 2.05) is 49.4 Å². The smallest absolute Gasteiger partial charge is 0.291 e. The molecule has 1 heterocycles. The number of benzene rings is 3. The quantitative estimate of drug-likeness (QED) is 0.471. The van der Waals surface area contributed by atoms with Crippen molar-refractivity contribution < 1.29 is 13.2 Å². The van der Waals surface area contributed by atoms with Crippen molar-refractivity contribution in [3.05, 3.63) is 77.9 Å². The van der Waals surface area contributed by atoms with Gasteiger partial charge in [-0.15, -0.1) is 10.2 Å². The van der Waals surface area contributed by atoms with E-state index in [0.717, 1.165) is 27.7 Å². The summed E-state index contributed by atoms with van der Waals surface area (Å²) < 4.78 is 27.6. The standard InChI is InChI=1S/C20H16N4O3S2/c1-13-6-2-5-9-17(13)18(25)21-19-22-23-20(28-19)29(26,27)24-16-11-10-14-7-3-4-8-15(14)12-16/h2-12,24H,1H3,(H,21,22,25). The molecule has 146 valence electrons. The van der Waals surface area contributed by atoms with E-state index in [1.54, 1.807) is 24.3 Å². The second kappa shape index (κ2) is 7.61. The number of rotatable bonds is 5. The number of amides is 1. The Kier molecular flexibility index (Phi) is 4.99. The molecule has 1 amide bonds. The number of carbonyl (C=O) groups is 1. The summed E-state index contributed by atoms with van der Waals surface area (Å²) in [5, 5.41) is 12.1. The van der Waals surface area contributed by atoms with Gasteiger partial charge in [0.1, 0.15) is 0 Å². The maximum atomic E-state index is 12.6. The Morgan fingerprint density at radius 3 is 2.45 bits per heavy atom. The summed E-state index contributed by atoms with van der Waals surface area (Å²) >= 11 is 0.787. The van der Waals surface area contributed by atoms with Crippen LogP contribution >= 0.6 is 11.3 Å². The fourth-order valence-corrected chi connectivity index (χ4v) is 4.76. The molecule has 0 bridgehead atoms. The van der Waals surface area contributed by atoms with Gasteiger partial charge in [0.2, 0.25) is 5.13 Å². The van der Waals surface area contributed by atoms with E-state index in [4.69, 9.17) is 0 Å². The minimum Gasteiger partial charge on any atom is -0.296 e. The van der Waals surface area contributed by atoms with Crippen molar-refractivity contribution in [1.82, 2.24) is 10.2 Å². The third kappa shape index (κ3) is 4.10. The molecule has 4 rings (SSSR count). The Morgan fingerprint density at radius 1 is 0.931 bits per heavy atom. The molecular formula is C20H16N4O3S2. The molecule has 4 aromatic rings. The number of sulfonamides is 1. The SMILES string of the molecule is Cc1ccccc1C(=O)Nc1nnc(S(=O)(=O)Nc2ccc3ccccc3c2)s1. The molecule has 2 N–H and O–H groups in total. The monoisotopic (exact) mass is 424 g/mol. The van der Waals surface area contributed by atoms with Crippen LogP contribution in [0, 0.1) is 6.92 Å². The number of fused-ring (bicyclic) bond motifs is 1. The van der Waals surface area contributed by atoms with Crippen molar-refractivity contribution in [3.63, 3.8) is 0 Å². The molecule has 0 aliphatic heterocycles. The largest absolute Gasteiger partial charge is 0.296 e. The lowest BCUT2D eigenvalue weighted by Crippen LogP contribution is -2.13. The molecule has 0 atom stereocenters.